The lowest BCUT2D eigenvalue weighted by molar-refractivity contribution is 0.239. The molecule has 0 amide bonds. The summed E-state index contributed by atoms with van der Waals surface area (Å²) in [7, 11) is 0. The second kappa shape index (κ2) is 7.65. The van der Waals surface area contributed by atoms with E-state index < -0.39 is 0 Å². The summed E-state index contributed by atoms with van der Waals surface area (Å²) in [5.74, 6) is 3.20. The summed E-state index contributed by atoms with van der Waals surface area (Å²) in [6, 6.07) is 0.668. The second-order valence-corrected chi connectivity index (χ2v) is 7.19. The lowest BCUT2D eigenvalue weighted by Gasteiger charge is -2.36. The highest BCUT2D eigenvalue weighted by molar-refractivity contribution is 7.99. The number of rotatable bonds is 7. The van der Waals surface area contributed by atoms with Crippen molar-refractivity contribution in [3.8, 4) is 0 Å². The minimum atomic E-state index is 0.331. The maximum Gasteiger partial charge on any atom is 0.0434 e. The van der Waals surface area contributed by atoms with Crippen LogP contribution >= 0.6 is 11.8 Å². The predicted octanol–water partition coefficient (Wildman–Crippen LogP) is 2.91. The van der Waals surface area contributed by atoms with Crippen molar-refractivity contribution < 1.29 is 5.11 Å². The van der Waals surface area contributed by atoms with Gasteiger partial charge in [0.25, 0.3) is 0 Å². The fraction of sp³-hybridized carbons (Fsp3) is 1.00. The molecule has 1 rings (SSSR count). The third-order valence-electron chi connectivity index (χ3n) is 3.54. The van der Waals surface area contributed by atoms with Crippen molar-refractivity contribution in [2.45, 2.75) is 52.5 Å². The number of thioether (sulfide) groups is 1. The van der Waals surface area contributed by atoms with Crippen LogP contribution in [-0.4, -0.2) is 35.8 Å². The van der Waals surface area contributed by atoms with E-state index in [1.807, 2.05) is 0 Å². The maximum atomic E-state index is 9.05. The van der Waals surface area contributed by atoms with E-state index in [2.05, 4.69) is 37.8 Å². The van der Waals surface area contributed by atoms with Crippen molar-refractivity contribution in [3.63, 3.8) is 0 Å². The first kappa shape index (κ1) is 15.3. The molecule has 2 unspecified atom stereocenters. The molecule has 0 bridgehead atoms. The third kappa shape index (κ3) is 6.12. The molecule has 17 heavy (non-hydrogen) atoms. The highest BCUT2D eigenvalue weighted by atomic mass is 32.2. The minimum Gasteiger partial charge on any atom is -0.396 e. The van der Waals surface area contributed by atoms with Crippen molar-refractivity contribution in [2.75, 3.05) is 24.7 Å². The van der Waals surface area contributed by atoms with Crippen LogP contribution in [0.15, 0.2) is 0 Å². The van der Waals surface area contributed by atoms with E-state index in [0.29, 0.717) is 24.0 Å². The number of nitrogens with one attached hydrogen (secondary N) is 1. The highest BCUT2D eigenvalue weighted by Crippen LogP contribution is 2.33. The molecular weight excluding hydrogens is 230 g/mol. The largest absolute Gasteiger partial charge is 0.396 e. The van der Waals surface area contributed by atoms with Crippen LogP contribution in [0.3, 0.4) is 0 Å². The Morgan fingerprint density at radius 1 is 1.41 bits per heavy atom. The maximum absolute atomic E-state index is 9.05. The van der Waals surface area contributed by atoms with E-state index in [-0.39, 0.29) is 0 Å². The average molecular weight is 259 g/mol. The number of hydrogen-bond donors (Lipinski definition) is 2. The van der Waals surface area contributed by atoms with Gasteiger partial charge in [-0.15, -0.1) is 0 Å². The normalized spacial score (nSPS) is 25.8. The Balaban J connectivity index is 2.27. The topological polar surface area (TPSA) is 32.3 Å². The summed E-state index contributed by atoms with van der Waals surface area (Å²) in [5, 5.41) is 12.8. The van der Waals surface area contributed by atoms with E-state index in [0.717, 1.165) is 13.0 Å². The summed E-state index contributed by atoms with van der Waals surface area (Å²) in [6.07, 6.45) is 4.69. The zero-order valence-electron chi connectivity index (χ0n) is 11.7. The summed E-state index contributed by atoms with van der Waals surface area (Å²) >= 11 is 2.08. The first-order valence-corrected chi connectivity index (χ1v) is 8.15. The van der Waals surface area contributed by atoms with Crippen LogP contribution in [0.2, 0.25) is 0 Å². The Bertz CT molecular complexity index is 202. The predicted molar refractivity (Wildman–Crippen MR) is 77.6 cm³/mol. The molecule has 0 aromatic heterocycles. The van der Waals surface area contributed by atoms with Gasteiger partial charge in [-0.25, -0.2) is 0 Å². The molecule has 2 N–H and O–H groups in total. The molecule has 1 saturated heterocycles. The fourth-order valence-corrected chi connectivity index (χ4v) is 3.97. The van der Waals surface area contributed by atoms with Gasteiger partial charge in [0, 0.05) is 18.4 Å². The molecule has 0 radical (unpaired) electrons. The molecule has 1 heterocycles. The lowest BCUT2D eigenvalue weighted by atomic mass is 9.87. The molecule has 2 atom stereocenters. The van der Waals surface area contributed by atoms with E-state index >= 15 is 0 Å². The molecule has 102 valence electrons. The Labute approximate surface area is 111 Å². The smallest absolute Gasteiger partial charge is 0.0434 e. The van der Waals surface area contributed by atoms with E-state index in [9.17, 15) is 0 Å². The van der Waals surface area contributed by atoms with Crippen LogP contribution in [0.1, 0.15) is 46.5 Å². The van der Waals surface area contributed by atoms with Gasteiger partial charge in [-0.2, -0.15) is 11.8 Å². The molecule has 0 spiro atoms. The Morgan fingerprint density at radius 2 is 2.18 bits per heavy atom. The third-order valence-corrected chi connectivity index (χ3v) is 5.16. The van der Waals surface area contributed by atoms with Crippen molar-refractivity contribution in [3.05, 3.63) is 0 Å². The van der Waals surface area contributed by atoms with E-state index in [1.54, 1.807) is 0 Å². The standard InChI is InChI=1S/C14H29NOS/c1-4-5-12(6-7-16)9-15-13-8-14(2,3)11-17-10-13/h12-13,15-16H,4-11H2,1-3H3. The molecule has 0 aromatic carbocycles. The highest BCUT2D eigenvalue weighted by Gasteiger charge is 2.28. The number of hydrogen-bond acceptors (Lipinski definition) is 3. The SMILES string of the molecule is CCCC(CCO)CNC1CSCC(C)(C)C1. The number of aliphatic hydroxyl groups excluding tert-OH is 1. The molecule has 1 aliphatic rings. The number of aliphatic hydroxyl groups is 1. The average Bonchev–Trinajstić information content (AvgIpc) is 2.25. The van der Waals surface area contributed by atoms with E-state index in [1.165, 1.54) is 30.8 Å². The Hall–Kier alpha value is 0.270. The Kier molecular flexibility index (Phi) is 6.90. The van der Waals surface area contributed by atoms with Gasteiger partial charge in [0.05, 0.1) is 0 Å². The molecular formula is C14H29NOS. The summed E-state index contributed by atoms with van der Waals surface area (Å²) in [5.41, 5.74) is 0.484. The van der Waals surface area contributed by atoms with Gasteiger partial charge in [-0.3, -0.25) is 0 Å². The summed E-state index contributed by atoms with van der Waals surface area (Å²) in [6.45, 7) is 8.37. The van der Waals surface area contributed by atoms with Gasteiger partial charge in [0.15, 0.2) is 0 Å². The fourth-order valence-electron chi connectivity index (χ4n) is 2.67. The second-order valence-electron chi connectivity index (χ2n) is 6.16. The van der Waals surface area contributed by atoms with Crippen molar-refractivity contribution in [1.29, 1.82) is 0 Å². The molecule has 0 saturated carbocycles. The first-order chi connectivity index (χ1) is 8.07. The van der Waals surface area contributed by atoms with Crippen LogP contribution < -0.4 is 5.32 Å². The van der Waals surface area contributed by atoms with Crippen LogP contribution in [0.5, 0.6) is 0 Å². The summed E-state index contributed by atoms with van der Waals surface area (Å²) < 4.78 is 0. The molecule has 3 heteroatoms. The van der Waals surface area contributed by atoms with Crippen LogP contribution in [-0.2, 0) is 0 Å². The monoisotopic (exact) mass is 259 g/mol. The van der Waals surface area contributed by atoms with E-state index in [4.69, 9.17) is 5.11 Å². The van der Waals surface area contributed by atoms with Gasteiger partial charge in [0.2, 0.25) is 0 Å². The lowest BCUT2D eigenvalue weighted by Crippen LogP contribution is -2.42. The van der Waals surface area contributed by atoms with Crippen molar-refractivity contribution in [1.82, 2.24) is 5.32 Å². The quantitative estimate of drug-likeness (QED) is 0.737. The van der Waals surface area contributed by atoms with Crippen LogP contribution in [0, 0.1) is 11.3 Å². The van der Waals surface area contributed by atoms with Gasteiger partial charge >= 0.3 is 0 Å². The molecule has 2 nitrogen and oxygen atoms in total. The minimum absolute atomic E-state index is 0.331. The van der Waals surface area contributed by atoms with Crippen LogP contribution in [0.4, 0.5) is 0 Å². The summed E-state index contributed by atoms with van der Waals surface area (Å²) in [4.78, 5) is 0. The molecule has 1 aliphatic heterocycles. The van der Waals surface area contributed by atoms with Gasteiger partial charge in [0.1, 0.15) is 0 Å². The van der Waals surface area contributed by atoms with Gasteiger partial charge < -0.3 is 10.4 Å². The first-order valence-electron chi connectivity index (χ1n) is 6.99. The van der Waals surface area contributed by atoms with Crippen LogP contribution in [0.25, 0.3) is 0 Å². The van der Waals surface area contributed by atoms with Crippen molar-refractivity contribution in [2.24, 2.45) is 11.3 Å². The Morgan fingerprint density at radius 3 is 2.76 bits per heavy atom. The molecule has 1 fully saturated rings. The molecule has 0 aromatic rings. The van der Waals surface area contributed by atoms with Gasteiger partial charge in [-0.05, 0) is 42.9 Å². The molecule has 0 aliphatic carbocycles. The van der Waals surface area contributed by atoms with Crippen molar-refractivity contribution >= 4 is 11.8 Å². The zero-order chi connectivity index (χ0) is 12.7. The van der Waals surface area contributed by atoms with Gasteiger partial charge in [-0.1, -0.05) is 27.2 Å². The zero-order valence-corrected chi connectivity index (χ0v) is 12.5.